The van der Waals surface area contributed by atoms with Crippen LogP contribution in [0.25, 0.3) is 0 Å². The molecule has 1 saturated heterocycles. The summed E-state index contributed by atoms with van der Waals surface area (Å²) in [6.45, 7) is 0.942. The minimum atomic E-state index is -0.372. The van der Waals surface area contributed by atoms with Crippen LogP contribution < -0.4 is 14.8 Å². The number of hydrogen-bond donors (Lipinski definition) is 1. The lowest BCUT2D eigenvalue weighted by Crippen LogP contribution is -2.28. The summed E-state index contributed by atoms with van der Waals surface area (Å²) >= 11 is 0. The normalized spacial score (nSPS) is 16.5. The molecule has 1 unspecified atom stereocenters. The lowest BCUT2D eigenvalue weighted by atomic mass is 10.1. The standard InChI is InChI=1S/C20H22N2O4/c1-25-17-9-16(10-18(11-17)26-2)21-20(24)15-8-19(23)22(13-15)12-14-6-4-3-5-7-14/h3-7,9-11,15H,8,12-13H2,1-2H3,(H,21,24). The van der Waals surface area contributed by atoms with E-state index in [0.29, 0.717) is 30.3 Å². The molecule has 1 fully saturated rings. The third-order valence-electron chi connectivity index (χ3n) is 4.42. The summed E-state index contributed by atoms with van der Waals surface area (Å²) in [5.74, 6) is 0.630. The Morgan fingerprint density at radius 2 is 1.77 bits per heavy atom. The third kappa shape index (κ3) is 4.14. The van der Waals surface area contributed by atoms with Crippen LogP contribution in [-0.4, -0.2) is 37.5 Å². The summed E-state index contributed by atoms with van der Waals surface area (Å²) in [6.07, 6.45) is 0.222. The topological polar surface area (TPSA) is 67.9 Å². The van der Waals surface area contributed by atoms with Crippen LogP contribution in [0.15, 0.2) is 48.5 Å². The number of carbonyl (C=O) groups is 2. The van der Waals surface area contributed by atoms with Crippen LogP contribution in [0.5, 0.6) is 11.5 Å². The molecule has 0 aromatic heterocycles. The van der Waals surface area contributed by atoms with Gasteiger partial charge >= 0.3 is 0 Å². The summed E-state index contributed by atoms with van der Waals surface area (Å²) in [5.41, 5.74) is 1.64. The summed E-state index contributed by atoms with van der Waals surface area (Å²) in [5, 5.41) is 2.86. The van der Waals surface area contributed by atoms with E-state index < -0.39 is 0 Å². The molecule has 1 aliphatic rings. The molecule has 0 aliphatic carbocycles. The molecule has 1 N–H and O–H groups in total. The van der Waals surface area contributed by atoms with Gasteiger partial charge in [-0.15, -0.1) is 0 Å². The first-order chi connectivity index (χ1) is 12.6. The number of hydrogen-bond acceptors (Lipinski definition) is 4. The van der Waals surface area contributed by atoms with Gasteiger partial charge in [0.25, 0.3) is 0 Å². The van der Waals surface area contributed by atoms with Crippen molar-refractivity contribution < 1.29 is 19.1 Å². The molecule has 1 heterocycles. The molecule has 2 aromatic rings. The Morgan fingerprint density at radius 1 is 1.12 bits per heavy atom. The first kappa shape index (κ1) is 17.8. The molecular formula is C20H22N2O4. The van der Waals surface area contributed by atoms with Crippen LogP contribution in [-0.2, 0) is 16.1 Å². The molecule has 2 aromatic carbocycles. The van der Waals surface area contributed by atoms with Crippen LogP contribution in [0.3, 0.4) is 0 Å². The second-order valence-electron chi connectivity index (χ2n) is 6.25. The summed E-state index contributed by atoms with van der Waals surface area (Å²) in [6, 6.07) is 14.9. The van der Waals surface area contributed by atoms with Crippen LogP contribution >= 0.6 is 0 Å². The highest BCUT2D eigenvalue weighted by atomic mass is 16.5. The lowest BCUT2D eigenvalue weighted by Gasteiger charge is -2.17. The van der Waals surface area contributed by atoms with E-state index in [1.807, 2.05) is 30.3 Å². The van der Waals surface area contributed by atoms with Crippen molar-refractivity contribution in [3.63, 3.8) is 0 Å². The average molecular weight is 354 g/mol. The van der Waals surface area contributed by atoms with Gasteiger partial charge in [0.1, 0.15) is 11.5 Å². The van der Waals surface area contributed by atoms with Crippen molar-refractivity contribution in [2.45, 2.75) is 13.0 Å². The van der Waals surface area contributed by atoms with E-state index in [0.717, 1.165) is 5.56 Å². The molecule has 2 amide bonds. The van der Waals surface area contributed by atoms with Crippen molar-refractivity contribution in [3.8, 4) is 11.5 Å². The summed E-state index contributed by atoms with van der Waals surface area (Å²) < 4.78 is 10.4. The SMILES string of the molecule is COc1cc(NC(=O)C2CC(=O)N(Cc3ccccc3)C2)cc(OC)c1. The van der Waals surface area contributed by atoms with Crippen molar-refractivity contribution in [1.29, 1.82) is 0 Å². The highest BCUT2D eigenvalue weighted by Gasteiger charge is 2.34. The highest BCUT2D eigenvalue weighted by molar-refractivity contribution is 5.97. The Bertz CT molecular complexity index is 769. The minimum Gasteiger partial charge on any atom is -0.497 e. The fourth-order valence-corrected chi connectivity index (χ4v) is 3.03. The number of anilines is 1. The van der Waals surface area contributed by atoms with Gasteiger partial charge in [-0.25, -0.2) is 0 Å². The predicted molar refractivity (Wildman–Crippen MR) is 98.1 cm³/mol. The van der Waals surface area contributed by atoms with E-state index in [4.69, 9.17) is 9.47 Å². The molecule has 26 heavy (non-hydrogen) atoms. The molecule has 6 nitrogen and oxygen atoms in total. The minimum absolute atomic E-state index is 0.00257. The van der Waals surface area contributed by atoms with Gasteiger partial charge in [0.05, 0.1) is 20.1 Å². The first-order valence-electron chi connectivity index (χ1n) is 8.44. The maximum atomic E-state index is 12.6. The van der Waals surface area contributed by atoms with Crippen LogP contribution in [0.1, 0.15) is 12.0 Å². The summed E-state index contributed by atoms with van der Waals surface area (Å²) in [7, 11) is 3.11. The molecule has 3 rings (SSSR count). The Balaban J connectivity index is 1.65. The van der Waals surface area contributed by atoms with Gasteiger partial charge in [-0.2, -0.15) is 0 Å². The predicted octanol–water partition coefficient (Wildman–Crippen LogP) is 2.69. The van der Waals surface area contributed by atoms with Crippen molar-refractivity contribution in [2.24, 2.45) is 5.92 Å². The van der Waals surface area contributed by atoms with Gasteiger partial charge in [-0.05, 0) is 5.56 Å². The largest absolute Gasteiger partial charge is 0.497 e. The zero-order chi connectivity index (χ0) is 18.5. The van der Waals surface area contributed by atoms with E-state index in [2.05, 4.69) is 5.32 Å². The Kier molecular flexibility index (Phi) is 5.41. The van der Waals surface area contributed by atoms with Crippen molar-refractivity contribution >= 4 is 17.5 Å². The van der Waals surface area contributed by atoms with Gasteiger partial charge in [0, 0.05) is 43.4 Å². The zero-order valence-corrected chi connectivity index (χ0v) is 14.9. The van der Waals surface area contributed by atoms with Gasteiger partial charge < -0.3 is 19.7 Å². The number of nitrogens with one attached hydrogen (secondary N) is 1. The molecule has 0 bridgehead atoms. The number of nitrogens with zero attached hydrogens (tertiary/aromatic N) is 1. The lowest BCUT2D eigenvalue weighted by molar-refractivity contribution is -0.128. The number of benzene rings is 2. The second-order valence-corrected chi connectivity index (χ2v) is 6.25. The number of rotatable bonds is 6. The van der Waals surface area contributed by atoms with Gasteiger partial charge in [0.15, 0.2) is 0 Å². The van der Waals surface area contributed by atoms with Crippen molar-refractivity contribution in [1.82, 2.24) is 4.90 Å². The number of ether oxygens (including phenoxy) is 2. The molecule has 1 aliphatic heterocycles. The molecule has 6 heteroatoms. The third-order valence-corrected chi connectivity index (χ3v) is 4.42. The van der Waals surface area contributed by atoms with Crippen LogP contribution in [0.4, 0.5) is 5.69 Å². The van der Waals surface area contributed by atoms with Gasteiger partial charge in [0.2, 0.25) is 11.8 Å². The van der Waals surface area contributed by atoms with Crippen molar-refractivity contribution in [3.05, 3.63) is 54.1 Å². The molecule has 136 valence electrons. The zero-order valence-electron chi connectivity index (χ0n) is 14.9. The fourth-order valence-electron chi connectivity index (χ4n) is 3.03. The highest BCUT2D eigenvalue weighted by Crippen LogP contribution is 2.27. The fraction of sp³-hybridized carbons (Fsp3) is 0.300. The van der Waals surface area contributed by atoms with Gasteiger partial charge in [-0.1, -0.05) is 30.3 Å². The smallest absolute Gasteiger partial charge is 0.229 e. The number of likely N-dealkylation sites (tertiary alicyclic amines) is 1. The van der Waals surface area contributed by atoms with E-state index in [9.17, 15) is 9.59 Å². The molecule has 0 spiro atoms. The van der Waals surface area contributed by atoms with Crippen molar-refractivity contribution in [2.75, 3.05) is 26.1 Å². The van der Waals surface area contributed by atoms with E-state index in [-0.39, 0.29) is 24.2 Å². The number of methoxy groups -OCH3 is 2. The maximum Gasteiger partial charge on any atom is 0.229 e. The van der Waals surface area contributed by atoms with Crippen LogP contribution in [0, 0.1) is 5.92 Å². The monoisotopic (exact) mass is 354 g/mol. The van der Waals surface area contributed by atoms with E-state index >= 15 is 0 Å². The van der Waals surface area contributed by atoms with Gasteiger partial charge in [-0.3, -0.25) is 9.59 Å². The number of carbonyl (C=O) groups excluding carboxylic acids is 2. The Labute approximate surface area is 152 Å². The second kappa shape index (κ2) is 7.91. The Hall–Kier alpha value is -3.02. The Morgan fingerprint density at radius 3 is 2.38 bits per heavy atom. The maximum absolute atomic E-state index is 12.6. The molecule has 0 radical (unpaired) electrons. The molecule has 1 atom stereocenters. The average Bonchev–Trinajstić information content (AvgIpc) is 3.03. The quantitative estimate of drug-likeness (QED) is 0.866. The first-order valence-corrected chi connectivity index (χ1v) is 8.44. The van der Waals surface area contributed by atoms with E-state index in [1.54, 1.807) is 37.3 Å². The molecular weight excluding hydrogens is 332 g/mol. The summed E-state index contributed by atoms with van der Waals surface area (Å²) in [4.78, 5) is 26.6. The molecule has 0 saturated carbocycles. The van der Waals surface area contributed by atoms with E-state index in [1.165, 1.54) is 0 Å². The van der Waals surface area contributed by atoms with Crippen LogP contribution in [0.2, 0.25) is 0 Å². The number of amides is 2.